The SMILES string of the molecule is c1ccc(-c2ccc3c(c2)N(c2ccccc2)c2c4c5c(c6c2B3c2cc3c(cc2N6c2ccccc2)N(c2ccccc2)c2cc(N(c6ccccc6)c6ccccc6)cc6c2B3c2ccccc2N6c2ccccc2)CCCN5CCC4)cc1. The summed E-state index contributed by atoms with van der Waals surface area (Å²) in [6.45, 7) is 1.94. The van der Waals surface area contributed by atoms with Gasteiger partial charge in [0.2, 0.25) is 0 Å². The first-order valence-electron chi connectivity index (χ1n) is 30.6. The van der Waals surface area contributed by atoms with Gasteiger partial charge in [0.1, 0.15) is 0 Å². The maximum Gasteiger partial charge on any atom is 0.252 e. The van der Waals surface area contributed by atoms with Gasteiger partial charge in [0.05, 0.1) is 5.69 Å². The molecule has 86 heavy (non-hydrogen) atoms. The fourth-order valence-electron chi connectivity index (χ4n) is 15.8. The first-order chi connectivity index (χ1) is 42.7. The van der Waals surface area contributed by atoms with Gasteiger partial charge in [-0.05, 0) is 184 Å². The van der Waals surface area contributed by atoms with E-state index in [-0.39, 0.29) is 13.4 Å². The Morgan fingerprint density at radius 1 is 0.279 bits per heavy atom. The molecule has 0 aromatic heterocycles. The molecule has 6 heterocycles. The second-order valence-corrected chi connectivity index (χ2v) is 23.7. The number of benzene rings is 12. The molecule has 0 amide bonds. The molecule has 6 aliphatic heterocycles. The molecule has 0 atom stereocenters. The fourth-order valence-corrected chi connectivity index (χ4v) is 15.8. The predicted molar refractivity (Wildman–Crippen MR) is 363 cm³/mol. The largest absolute Gasteiger partial charge is 0.371 e. The van der Waals surface area contributed by atoms with Gasteiger partial charge < -0.3 is 29.4 Å². The van der Waals surface area contributed by atoms with Crippen LogP contribution in [0.4, 0.5) is 91.0 Å². The summed E-state index contributed by atoms with van der Waals surface area (Å²) < 4.78 is 0. The topological polar surface area (TPSA) is 19.4 Å². The lowest BCUT2D eigenvalue weighted by Crippen LogP contribution is -2.65. The van der Waals surface area contributed by atoms with E-state index >= 15 is 0 Å². The van der Waals surface area contributed by atoms with Crippen LogP contribution in [0.1, 0.15) is 24.0 Å². The van der Waals surface area contributed by atoms with Crippen molar-refractivity contribution in [3.05, 3.63) is 290 Å². The number of hydrogen-bond donors (Lipinski definition) is 0. The van der Waals surface area contributed by atoms with E-state index in [4.69, 9.17) is 0 Å². The predicted octanol–water partition coefficient (Wildman–Crippen LogP) is 15.7. The highest BCUT2D eigenvalue weighted by Crippen LogP contribution is 2.55. The van der Waals surface area contributed by atoms with Gasteiger partial charge in [-0.1, -0.05) is 176 Å². The summed E-state index contributed by atoms with van der Waals surface area (Å²) in [5.41, 5.74) is 32.6. The Balaban J connectivity index is 0.981. The minimum absolute atomic E-state index is 0.0859. The molecule has 0 spiro atoms. The van der Waals surface area contributed by atoms with Crippen molar-refractivity contribution in [3.8, 4) is 11.1 Å². The van der Waals surface area contributed by atoms with E-state index in [1.54, 1.807) is 0 Å². The number of fused-ring (bicyclic) bond motifs is 10. The quantitative estimate of drug-likeness (QED) is 0.140. The van der Waals surface area contributed by atoms with Crippen LogP contribution in [0.2, 0.25) is 0 Å². The summed E-state index contributed by atoms with van der Waals surface area (Å²) in [5.74, 6) is 0. The molecule has 0 bridgehead atoms. The Kier molecular flexibility index (Phi) is 11.2. The van der Waals surface area contributed by atoms with Gasteiger partial charge in [-0.2, -0.15) is 0 Å². The van der Waals surface area contributed by atoms with Gasteiger partial charge in [-0.15, -0.1) is 0 Å². The molecular weight excluding hydrogens is 1040 g/mol. The van der Waals surface area contributed by atoms with E-state index < -0.39 is 0 Å². The zero-order valence-corrected chi connectivity index (χ0v) is 47.6. The van der Waals surface area contributed by atoms with Crippen molar-refractivity contribution in [1.29, 1.82) is 0 Å². The smallest absolute Gasteiger partial charge is 0.252 e. The molecule has 8 heteroatoms. The summed E-state index contributed by atoms with van der Waals surface area (Å²) in [7, 11) is 0. The lowest BCUT2D eigenvalue weighted by atomic mass is 9.30. The molecule has 0 unspecified atom stereocenters. The summed E-state index contributed by atoms with van der Waals surface area (Å²) in [6.07, 6.45) is 4.30. The minimum atomic E-state index is -0.124. The first kappa shape index (κ1) is 49.0. The van der Waals surface area contributed by atoms with Crippen molar-refractivity contribution in [1.82, 2.24) is 0 Å². The second kappa shape index (κ2) is 19.6. The molecule has 0 fully saturated rings. The summed E-state index contributed by atoms with van der Waals surface area (Å²) >= 11 is 0. The van der Waals surface area contributed by atoms with Crippen LogP contribution in [0.15, 0.2) is 279 Å². The van der Waals surface area contributed by atoms with Gasteiger partial charge in [-0.3, -0.25) is 0 Å². The van der Waals surface area contributed by atoms with E-state index in [1.807, 2.05) is 0 Å². The molecule has 12 aromatic rings. The van der Waals surface area contributed by atoms with Crippen LogP contribution in [0, 0.1) is 0 Å². The Hall–Kier alpha value is -10.4. The van der Waals surface area contributed by atoms with Crippen LogP contribution in [0.25, 0.3) is 11.1 Å². The normalized spacial score (nSPS) is 14.5. The zero-order chi connectivity index (χ0) is 56.4. The van der Waals surface area contributed by atoms with Crippen molar-refractivity contribution >= 4 is 137 Å². The lowest BCUT2D eigenvalue weighted by Gasteiger charge is -2.50. The summed E-state index contributed by atoms with van der Waals surface area (Å²) in [4.78, 5) is 15.7. The molecular formula is C78H58B2N6. The second-order valence-electron chi connectivity index (χ2n) is 23.7. The molecule has 0 radical (unpaired) electrons. The van der Waals surface area contributed by atoms with Crippen molar-refractivity contribution in [3.63, 3.8) is 0 Å². The number of rotatable bonds is 8. The third kappa shape index (κ3) is 7.35. The van der Waals surface area contributed by atoms with Crippen molar-refractivity contribution in [2.75, 3.05) is 42.5 Å². The molecule has 406 valence electrons. The van der Waals surface area contributed by atoms with E-state index in [1.165, 1.54) is 106 Å². The van der Waals surface area contributed by atoms with Crippen LogP contribution in [-0.2, 0) is 12.8 Å². The average Bonchev–Trinajstić information content (AvgIpc) is 0.698. The van der Waals surface area contributed by atoms with Gasteiger partial charge in [0.15, 0.2) is 0 Å². The molecule has 6 aliphatic rings. The highest BCUT2D eigenvalue weighted by Gasteiger charge is 2.51. The van der Waals surface area contributed by atoms with Crippen LogP contribution >= 0.6 is 0 Å². The molecule has 18 rings (SSSR count). The molecule has 0 saturated carbocycles. The van der Waals surface area contributed by atoms with Gasteiger partial charge in [0.25, 0.3) is 13.4 Å². The Morgan fingerprint density at radius 3 is 1.23 bits per heavy atom. The van der Waals surface area contributed by atoms with Gasteiger partial charge in [-0.25, -0.2) is 0 Å². The number of hydrogen-bond acceptors (Lipinski definition) is 6. The van der Waals surface area contributed by atoms with E-state index in [0.29, 0.717) is 0 Å². The third-order valence-electron chi connectivity index (χ3n) is 19.1. The Morgan fingerprint density at radius 2 is 0.698 bits per heavy atom. The summed E-state index contributed by atoms with van der Waals surface area (Å²) in [6, 6.07) is 104. The third-order valence-corrected chi connectivity index (χ3v) is 19.1. The van der Waals surface area contributed by atoms with Crippen LogP contribution in [0.3, 0.4) is 0 Å². The molecule has 6 nitrogen and oxygen atoms in total. The minimum Gasteiger partial charge on any atom is -0.371 e. The number of anilines is 16. The highest BCUT2D eigenvalue weighted by molar-refractivity contribution is 7.03. The van der Waals surface area contributed by atoms with Crippen LogP contribution in [0.5, 0.6) is 0 Å². The van der Waals surface area contributed by atoms with Gasteiger partial charge >= 0.3 is 0 Å². The maximum absolute atomic E-state index is 2.75. The molecule has 0 N–H and O–H groups in total. The van der Waals surface area contributed by atoms with Crippen molar-refractivity contribution in [2.24, 2.45) is 0 Å². The van der Waals surface area contributed by atoms with Crippen molar-refractivity contribution in [2.45, 2.75) is 25.7 Å². The first-order valence-corrected chi connectivity index (χ1v) is 30.6. The lowest BCUT2D eigenvalue weighted by molar-refractivity contribution is 0.635. The molecule has 0 saturated heterocycles. The average molecular weight is 1100 g/mol. The summed E-state index contributed by atoms with van der Waals surface area (Å²) in [5, 5.41) is 0. The monoisotopic (exact) mass is 1100 g/mol. The van der Waals surface area contributed by atoms with Crippen LogP contribution < -0.4 is 62.2 Å². The van der Waals surface area contributed by atoms with E-state index in [9.17, 15) is 0 Å². The fraction of sp³-hybridized carbons (Fsp3) is 0.0769. The molecule has 12 aromatic carbocycles. The van der Waals surface area contributed by atoms with Crippen LogP contribution in [-0.4, -0.2) is 26.5 Å². The van der Waals surface area contributed by atoms with Gasteiger partial charge in [0, 0.05) is 98.4 Å². The van der Waals surface area contributed by atoms with E-state index in [0.717, 1.165) is 78.6 Å². The van der Waals surface area contributed by atoms with E-state index in [2.05, 4.69) is 308 Å². The number of para-hydroxylation sites is 7. The van der Waals surface area contributed by atoms with Crippen molar-refractivity contribution < 1.29 is 0 Å². The maximum atomic E-state index is 2.75. The zero-order valence-electron chi connectivity index (χ0n) is 47.6. The highest BCUT2D eigenvalue weighted by atomic mass is 15.2. The molecule has 0 aliphatic carbocycles. The standard InChI is InChI=1S/C78H58B2N6/c1-8-26-53(27-9-1)54-44-45-65-69(48-54)85(59-36-18-6-19-37-59)77-62-40-24-46-81-47-25-41-63(76(62)81)78-75(77)80(65)67-51-66-70(52-71(67)86(78)60-38-20-7-21-39-60)84(58-34-16-5-17-35-58)73-50-61(82(55-28-10-2-11-29-55)56-30-12-3-13-31-56)49-72-74(73)79(66)64-42-22-23-43-68(64)83(72)57-32-14-4-15-33-57/h1-23,26-39,42-45,48-52H,24-25,40-41,46-47H2. The number of nitrogens with zero attached hydrogens (tertiary/aromatic N) is 6. The Bertz CT molecular complexity index is 4590. The Labute approximate surface area is 503 Å².